The van der Waals surface area contributed by atoms with Gasteiger partial charge < -0.3 is 15.0 Å². The van der Waals surface area contributed by atoms with Crippen LogP contribution in [0.1, 0.15) is 31.2 Å². The van der Waals surface area contributed by atoms with Crippen LogP contribution in [0.25, 0.3) is 11.0 Å². The van der Waals surface area contributed by atoms with Gasteiger partial charge in [0.25, 0.3) is 0 Å². The Morgan fingerprint density at radius 3 is 2.70 bits per heavy atom. The molecule has 162 valence electrons. The van der Waals surface area contributed by atoms with Crippen LogP contribution in [-0.4, -0.2) is 35.3 Å². The number of aromatic nitrogens is 3. The number of fused-ring (bicyclic) bond motifs is 1. The highest BCUT2D eigenvalue weighted by molar-refractivity contribution is 7.91. The summed E-state index contributed by atoms with van der Waals surface area (Å²) in [4.78, 5) is 8.21. The van der Waals surface area contributed by atoms with Crippen molar-refractivity contribution in [3.8, 4) is 0 Å². The second-order valence-electron chi connectivity index (χ2n) is 6.94. The molecule has 0 bridgehead atoms. The summed E-state index contributed by atoms with van der Waals surface area (Å²) < 4.78 is 59.2. The summed E-state index contributed by atoms with van der Waals surface area (Å²) in [5.74, 6) is -1.13. The molecule has 0 spiro atoms. The number of unbranched alkanes of at least 4 members (excludes halogenated alkanes) is 1. The lowest BCUT2D eigenvalue weighted by molar-refractivity contribution is 0.126. The second kappa shape index (κ2) is 9.05. The number of nitrogen functional groups attached to an aromatic ring is 1. The van der Waals surface area contributed by atoms with E-state index in [1.807, 2.05) is 18.4 Å². The molecule has 10 heteroatoms. The summed E-state index contributed by atoms with van der Waals surface area (Å²) in [7, 11) is -3.85. The molecule has 30 heavy (non-hydrogen) atoms. The molecule has 3 aromatic rings. The van der Waals surface area contributed by atoms with Crippen LogP contribution in [0.3, 0.4) is 0 Å². The molecule has 0 fully saturated rings. The number of ether oxygens (including phenoxy) is 1. The summed E-state index contributed by atoms with van der Waals surface area (Å²) >= 11 is 0. The maximum atomic E-state index is 13.8. The normalized spacial score (nSPS) is 12.0. The lowest BCUT2D eigenvalue weighted by Gasteiger charge is -2.11. The summed E-state index contributed by atoms with van der Waals surface area (Å²) in [5, 5.41) is 0. The molecule has 0 radical (unpaired) electrons. The molecular weight excluding hydrogens is 414 g/mol. The van der Waals surface area contributed by atoms with Crippen molar-refractivity contribution in [1.82, 2.24) is 14.5 Å². The maximum Gasteiger partial charge on any atom is 0.181 e. The number of aryl methyl sites for hydroxylation is 2. The van der Waals surface area contributed by atoms with Gasteiger partial charge in [0.1, 0.15) is 34.5 Å². The number of hydrogen-bond donors (Lipinski definition) is 1. The second-order valence-corrected chi connectivity index (χ2v) is 9.02. The molecule has 0 aliphatic heterocycles. The molecule has 0 amide bonds. The van der Waals surface area contributed by atoms with Crippen molar-refractivity contribution in [2.45, 2.75) is 44.7 Å². The molecule has 0 atom stereocenters. The van der Waals surface area contributed by atoms with E-state index in [0.29, 0.717) is 55.8 Å². The van der Waals surface area contributed by atoms with E-state index in [2.05, 4.69) is 9.97 Å². The van der Waals surface area contributed by atoms with E-state index in [1.54, 1.807) is 6.20 Å². The summed E-state index contributed by atoms with van der Waals surface area (Å²) in [5.41, 5.74) is 8.29. The average Bonchev–Trinajstić information content (AvgIpc) is 3.06. The highest BCUT2D eigenvalue weighted by Crippen LogP contribution is 2.25. The SMILES string of the molecule is CCOCc1nc2c(N)ncc(C)c2n1CCCCS(=O)(=O)c1ccc(F)cc1F. The number of hydrogen-bond acceptors (Lipinski definition) is 6. The summed E-state index contributed by atoms with van der Waals surface area (Å²) in [6, 6.07) is 2.48. The predicted octanol–water partition coefficient (Wildman–Crippen LogP) is 3.39. The van der Waals surface area contributed by atoms with Gasteiger partial charge in [0.15, 0.2) is 15.7 Å². The van der Waals surface area contributed by atoms with Gasteiger partial charge in [-0.05, 0) is 44.4 Å². The third-order valence-corrected chi connectivity index (χ3v) is 6.60. The number of halogens is 2. The Hall–Kier alpha value is -2.59. The van der Waals surface area contributed by atoms with E-state index < -0.39 is 26.4 Å². The molecule has 7 nitrogen and oxygen atoms in total. The molecule has 1 aromatic carbocycles. The van der Waals surface area contributed by atoms with Gasteiger partial charge in [-0.25, -0.2) is 27.2 Å². The molecule has 0 saturated heterocycles. The minimum Gasteiger partial charge on any atom is -0.382 e. The average molecular weight is 439 g/mol. The number of sulfone groups is 1. The topological polar surface area (TPSA) is 100 Å². The van der Waals surface area contributed by atoms with Crippen molar-refractivity contribution in [1.29, 1.82) is 0 Å². The molecule has 2 heterocycles. The van der Waals surface area contributed by atoms with Crippen LogP contribution in [0.15, 0.2) is 29.3 Å². The van der Waals surface area contributed by atoms with Crippen LogP contribution in [0.5, 0.6) is 0 Å². The van der Waals surface area contributed by atoms with E-state index in [0.717, 1.165) is 23.2 Å². The maximum absolute atomic E-state index is 13.8. The molecule has 0 aliphatic rings. The van der Waals surface area contributed by atoms with Crippen molar-refractivity contribution >= 4 is 26.7 Å². The third-order valence-electron chi connectivity index (χ3n) is 4.77. The number of pyridine rings is 1. The Kier molecular flexibility index (Phi) is 6.67. The van der Waals surface area contributed by atoms with Crippen LogP contribution in [0, 0.1) is 18.6 Å². The zero-order chi connectivity index (χ0) is 21.9. The van der Waals surface area contributed by atoms with Crippen molar-refractivity contribution in [3.63, 3.8) is 0 Å². The fraction of sp³-hybridized carbons (Fsp3) is 0.400. The number of nitrogens with zero attached hydrogens (tertiary/aromatic N) is 3. The van der Waals surface area contributed by atoms with E-state index in [-0.39, 0.29) is 5.75 Å². The molecular formula is C20H24F2N4O3S. The Balaban J connectivity index is 1.76. The highest BCUT2D eigenvalue weighted by atomic mass is 32.2. The van der Waals surface area contributed by atoms with Crippen LogP contribution in [-0.2, 0) is 27.7 Å². The Labute approximate surface area is 173 Å². The van der Waals surface area contributed by atoms with Gasteiger partial charge in [-0.3, -0.25) is 0 Å². The van der Waals surface area contributed by atoms with Crippen molar-refractivity contribution in [3.05, 3.63) is 47.4 Å². The highest BCUT2D eigenvalue weighted by Gasteiger charge is 2.20. The number of benzene rings is 1. The molecule has 0 aliphatic carbocycles. The zero-order valence-electron chi connectivity index (χ0n) is 16.9. The minimum atomic E-state index is -3.85. The monoisotopic (exact) mass is 438 g/mol. The van der Waals surface area contributed by atoms with Gasteiger partial charge in [-0.1, -0.05) is 0 Å². The smallest absolute Gasteiger partial charge is 0.181 e. The molecule has 0 saturated carbocycles. The third kappa shape index (κ3) is 4.59. The zero-order valence-corrected chi connectivity index (χ0v) is 17.7. The predicted molar refractivity (Wildman–Crippen MR) is 110 cm³/mol. The molecule has 2 aromatic heterocycles. The molecule has 2 N–H and O–H groups in total. The summed E-state index contributed by atoms with van der Waals surface area (Å²) in [6.07, 6.45) is 2.48. The lowest BCUT2D eigenvalue weighted by atomic mass is 10.2. The molecule has 3 rings (SSSR count). The van der Waals surface area contributed by atoms with Gasteiger partial charge in [-0.15, -0.1) is 0 Å². The Morgan fingerprint density at radius 1 is 1.23 bits per heavy atom. The quantitative estimate of drug-likeness (QED) is 0.406. The van der Waals surface area contributed by atoms with E-state index in [9.17, 15) is 17.2 Å². The minimum absolute atomic E-state index is 0.244. The van der Waals surface area contributed by atoms with Gasteiger partial charge in [0.2, 0.25) is 0 Å². The lowest BCUT2D eigenvalue weighted by Crippen LogP contribution is -2.11. The van der Waals surface area contributed by atoms with Crippen molar-refractivity contribution in [2.24, 2.45) is 0 Å². The van der Waals surface area contributed by atoms with Gasteiger partial charge >= 0.3 is 0 Å². The standard InChI is InChI=1S/C20H24F2N4O3S/c1-3-29-12-17-25-18-19(13(2)11-24-20(18)23)26(17)8-4-5-9-30(27,28)16-7-6-14(21)10-15(16)22/h6-7,10-11H,3-5,8-9,12H2,1-2H3,(H2,23,24). The van der Waals surface area contributed by atoms with Crippen LogP contribution < -0.4 is 5.73 Å². The van der Waals surface area contributed by atoms with E-state index in [1.165, 1.54) is 0 Å². The first-order valence-electron chi connectivity index (χ1n) is 9.60. The first-order valence-corrected chi connectivity index (χ1v) is 11.3. The van der Waals surface area contributed by atoms with Gasteiger partial charge in [0, 0.05) is 25.4 Å². The van der Waals surface area contributed by atoms with Crippen LogP contribution in [0.2, 0.25) is 0 Å². The number of imidazole rings is 1. The fourth-order valence-corrected chi connectivity index (χ4v) is 4.75. The fourth-order valence-electron chi connectivity index (χ4n) is 3.31. The van der Waals surface area contributed by atoms with Crippen LogP contribution in [0.4, 0.5) is 14.6 Å². The van der Waals surface area contributed by atoms with Crippen LogP contribution >= 0.6 is 0 Å². The largest absolute Gasteiger partial charge is 0.382 e. The Morgan fingerprint density at radius 2 is 2.00 bits per heavy atom. The first-order chi connectivity index (χ1) is 14.2. The van der Waals surface area contributed by atoms with Gasteiger partial charge in [0.05, 0.1) is 11.3 Å². The Bertz CT molecular complexity index is 1160. The van der Waals surface area contributed by atoms with Gasteiger partial charge in [-0.2, -0.15) is 0 Å². The number of nitrogens with two attached hydrogens (primary N) is 1. The number of anilines is 1. The summed E-state index contributed by atoms with van der Waals surface area (Å²) in [6.45, 7) is 5.10. The van der Waals surface area contributed by atoms with Crippen molar-refractivity contribution < 1.29 is 21.9 Å². The van der Waals surface area contributed by atoms with E-state index >= 15 is 0 Å². The number of rotatable bonds is 9. The molecule has 0 unspecified atom stereocenters. The van der Waals surface area contributed by atoms with E-state index in [4.69, 9.17) is 10.5 Å². The van der Waals surface area contributed by atoms with Crippen molar-refractivity contribution in [2.75, 3.05) is 18.1 Å². The first kappa shape index (κ1) is 22.1.